The predicted molar refractivity (Wildman–Crippen MR) is 123 cm³/mol. The van der Waals surface area contributed by atoms with Crippen LogP contribution in [0.5, 0.6) is 11.5 Å². The fourth-order valence-electron chi connectivity index (χ4n) is 3.72. The monoisotopic (exact) mass is 470 g/mol. The van der Waals surface area contributed by atoms with Gasteiger partial charge in [0.05, 0.1) is 18.1 Å². The van der Waals surface area contributed by atoms with Gasteiger partial charge in [0.15, 0.2) is 17.3 Å². The molecule has 0 aromatic heterocycles. The van der Waals surface area contributed by atoms with Crippen LogP contribution in [-0.2, 0) is 14.8 Å². The second-order valence-corrected chi connectivity index (χ2v) is 9.84. The Labute approximate surface area is 193 Å². The number of Topliss-reactive ketones (excluding diaryl/α,β-unsaturated/α-hetero) is 1. The molecular weight excluding hydrogens is 444 g/mol. The molecule has 0 aliphatic carbocycles. The normalized spacial score (nSPS) is 17.1. The molecule has 8 nitrogen and oxygen atoms in total. The standard InChI is InChI=1S/C24H26N2O6S/c1-18(27)20-5-7-21(8-6-20)33(29,30)26-13-11-25(12-14-26)24(28)10-4-19-3-9-22-23(17-19)32-16-2-15-31-22/h3-10,17H,2,11-16H2,1H3/b10-4+. The van der Waals surface area contributed by atoms with Crippen molar-refractivity contribution < 1.29 is 27.5 Å². The van der Waals surface area contributed by atoms with Crippen molar-refractivity contribution in [3.8, 4) is 11.5 Å². The number of fused-ring (bicyclic) bond motifs is 1. The first-order chi connectivity index (χ1) is 15.8. The Hall–Kier alpha value is -3.17. The predicted octanol–water partition coefficient (Wildman–Crippen LogP) is 2.60. The minimum Gasteiger partial charge on any atom is -0.490 e. The van der Waals surface area contributed by atoms with Gasteiger partial charge in [-0.25, -0.2) is 8.42 Å². The van der Waals surface area contributed by atoms with E-state index in [0.717, 1.165) is 12.0 Å². The number of ether oxygens (including phenoxy) is 2. The zero-order valence-electron chi connectivity index (χ0n) is 18.4. The molecule has 0 radical (unpaired) electrons. The number of hydrogen-bond acceptors (Lipinski definition) is 6. The molecule has 0 bridgehead atoms. The highest BCUT2D eigenvalue weighted by Crippen LogP contribution is 2.30. The number of nitrogens with zero attached hydrogens (tertiary/aromatic N) is 2. The van der Waals surface area contributed by atoms with Gasteiger partial charge in [0.1, 0.15) is 0 Å². The quantitative estimate of drug-likeness (QED) is 0.493. The van der Waals surface area contributed by atoms with Crippen LogP contribution >= 0.6 is 0 Å². The summed E-state index contributed by atoms with van der Waals surface area (Å²) in [5.41, 5.74) is 1.28. The molecule has 4 rings (SSSR count). The molecule has 2 aliphatic rings. The lowest BCUT2D eigenvalue weighted by Gasteiger charge is -2.33. The van der Waals surface area contributed by atoms with Crippen molar-refractivity contribution in [3.05, 3.63) is 59.7 Å². The van der Waals surface area contributed by atoms with Gasteiger partial charge < -0.3 is 14.4 Å². The zero-order chi connectivity index (χ0) is 23.4. The van der Waals surface area contributed by atoms with Gasteiger partial charge in [-0.15, -0.1) is 0 Å². The lowest BCUT2D eigenvalue weighted by Crippen LogP contribution is -2.50. The maximum absolute atomic E-state index is 12.9. The number of sulfonamides is 1. The van der Waals surface area contributed by atoms with Crippen LogP contribution in [0.3, 0.4) is 0 Å². The molecule has 33 heavy (non-hydrogen) atoms. The Morgan fingerprint density at radius 3 is 2.24 bits per heavy atom. The van der Waals surface area contributed by atoms with E-state index in [1.165, 1.54) is 41.6 Å². The Balaban J connectivity index is 1.36. The first kappa shape index (κ1) is 23.0. The molecule has 1 saturated heterocycles. The largest absolute Gasteiger partial charge is 0.490 e. The van der Waals surface area contributed by atoms with Crippen molar-refractivity contribution in [2.45, 2.75) is 18.2 Å². The summed E-state index contributed by atoms with van der Waals surface area (Å²) in [5.74, 6) is 1.07. The molecule has 0 unspecified atom stereocenters. The molecule has 0 N–H and O–H groups in total. The van der Waals surface area contributed by atoms with E-state index in [2.05, 4.69) is 0 Å². The van der Waals surface area contributed by atoms with Crippen LogP contribution in [0.4, 0.5) is 0 Å². The van der Waals surface area contributed by atoms with Crippen molar-refractivity contribution in [3.63, 3.8) is 0 Å². The molecule has 2 aliphatic heterocycles. The van der Waals surface area contributed by atoms with Gasteiger partial charge in [-0.2, -0.15) is 4.31 Å². The van der Waals surface area contributed by atoms with Gasteiger partial charge >= 0.3 is 0 Å². The number of rotatable bonds is 5. The Morgan fingerprint density at radius 2 is 1.58 bits per heavy atom. The summed E-state index contributed by atoms with van der Waals surface area (Å²) in [5, 5.41) is 0. The molecule has 0 saturated carbocycles. The molecule has 2 heterocycles. The highest BCUT2D eigenvalue weighted by molar-refractivity contribution is 7.89. The van der Waals surface area contributed by atoms with Crippen molar-refractivity contribution >= 4 is 27.8 Å². The number of amides is 1. The minimum atomic E-state index is -3.68. The van der Waals surface area contributed by atoms with E-state index < -0.39 is 10.0 Å². The van der Waals surface area contributed by atoms with Crippen LogP contribution in [0.1, 0.15) is 29.3 Å². The van der Waals surface area contributed by atoms with E-state index in [0.29, 0.717) is 43.4 Å². The van der Waals surface area contributed by atoms with Crippen LogP contribution in [0.25, 0.3) is 6.08 Å². The van der Waals surface area contributed by atoms with Gasteiger partial charge in [0.25, 0.3) is 0 Å². The first-order valence-corrected chi connectivity index (χ1v) is 12.3. The van der Waals surface area contributed by atoms with E-state index in [1.54, 1.807) is 11.0 Å². The van der Waals surface area contributed by atoms with Gasteiger partial charge in [-0.3, -0.25) is 9.59 Å². The second-order valence-electron chi connectivity index (χ2n) is 7.90. The average Bonchev–Trinajstić information content (AvgIpc) is 3.07. The molecule has 0 spiro atoms. The van der Waals surface area contributed by atoms with Crippen LogP contribution in [0.15, 0.2) is 53.4 Å². The van der Waals surface area contributed by atoms with Crippen LogP contribution < -0.4 is 9.47 Å². The second kappa shape index (κ2) is 9.76. The van der Waals surface area contributed by atoms with Crippen molar-refractivity contribution in [2.75, 3.05) is 39.4 Å². The third kappa shape index (κ3) is 5.26. The highest BCUT2D eigenvalue weighted by Gasteiger charge is 2.29. The third-order valence-corrected chi connectivity index (χ3v) is 7.55. The fourth-order valence-corrected chi connectivity index (χ4v) is 5.14. The summed E-state index contributed by atoms with van der Waals surface area (Å²) >= 11 is 0. The smallest absolute Gasteiger partial charge is 0.246 e. The summed E-state index contributed by atoms with van der Waals surface area (Å²) in [6.45, 7) is 3.66. The van der Waals surface area contributed by atoms with E-state index >= 15 is 0 Å². The lowest BCUT2D eigenvalue weighted by molar-refractivity contribution is -0.127. The number of hydrogen-bond donors (Lipinski definition) is 0. The molecule has 9 heteroatoms. The topological polar surface area (TPSA) is 93.2 Å². The van der Waals surface area contributed by atoms with E-state index in [-0.39, 0.29) is 29.7 Å². The minimum absolute atomic E-state index is 0.120. The summed E-state index contributed by atoms with van der Waals surface area (Å²) in [4.78, 5) is 25.8. The average molecular weight is 471 g/mol. The number of benzene rings is 2. The number of carbonyl (C=O) groups excluding carboxylic acids is 2. The maximum Gasteiger partial charge on any atom is 0.246 e. The molecular formula is C24H26N2O6S. The third-order valence-electron chi connectivity index (χ3n) is 5.64. The van der Waals surface area contributed by atoms with Gasteiger partial charge in [0, 0.05) is 44.2 Å². The van der Waals surface area contributed by atoms with Gasteiger partial charge in [-0.05, 0) is 42.8 Å². The maximum atomic E-state index is 12.9. The van der Waals surface area contributed by atoms with Crippen LogP contribution in [0, 0.1) is 0 Å². The van der Waals surface area contributed by atoms with Crippen LogP contribution in [0.2, 0.25) is 0 Å². The van der Waals surface area contributed by atoms with Gasteiger partial charge in [-0.1, -0.05) is 18.2 Å². The summed E-state index contributed by atoms with van der Waals surface area (Å²) in [6.07, 6.45) is 4.03. The number of piperazine rings is 1. The Morgan fingerprint density at radius 1 is 0.909 bits per heavy atom. The molecule has 0 atom stereocenters. The number of ketones is 1. The number of carbonyl (C=O) groups is 2. The SMILES string of the molecule is CC(=O)c1ccc(S(=O)(=O)N2CCN(C(=O)/C=C/c3ccc4c(c3)OCCCO4)CC2)cc1. The van der Waals surface area contributed by atoms with Crippen molar-refractivity contribution in [1.82, 2.24) is 9.21 Å². The van der Waals surface area contributed by atoms with E-state index in [9.17, 15) is 18.0 Å². The van der Waals surface area contributed by atoms with E-state index in [1.807, 2.05) is 18.2 Å². The molecule has 2 aromatic carbocycles. The Bertz CT molecular complexity index is 1170. The van der Waals surface area contributed by atoms with Gasteiger partial charge in [0.2, 0.25) is 15.9 Å². The summed E-state index contributed by atoms with van der Waals surface area (Å²) in [7, 11) is -3.68. The van der Waals surface area contributed by atoms with Crippen molar-refractivity contribution in [1.29, 1.82) is 0 Å². The molecule has 1 fully saturated rings. The molecule has 174 valence electrons. The van der Waals surface area contributed by atoms with E-state index in [4.69, 9.17) is 9.47 Å². The lowest BCUT2D eigenvalue weighted by atomic mass is 10.2. The summed E-state index contributed by atoms with van der Waals surface area (Å²) < 4.78 is 38.5. The highest BCUT2D eigenvalue weighted by atomic mass is 32.2. The molecule has 2 aromatic rings. The zero-order valence-corrected chi connectivity index (χ0v) is 19.2. The van der Waals surface area contributed by atoms with Crippen molar-refractivity contribution in [2.24, 2.45) is 0 Å². The first-order valence-electron chi connectivity index (χ1n) is 10.8. The summed E-state index contributed by atoms with van der Waals surface area (Å²) in [6, 6.07) is 11.4. The fraction of sp³-hybridized carbons (Fsp3) is 0.333. The van der Waals surface area contributed by atoms with Crippen LogP contribution in [-0.4, -0.2) is 68.7 Å². The molecule has 1 amide bonds. The Kier molecular flexibility index (Phi) is 6.80.